The molecule has 0 fully saturated rings. The summed E-state index contributed by atoms with van der Waals surface area (Å²) in [4.78, 5) is 35.5. The van der Waals surface area contributed by atoms with E-state index in [1.165, 1.54) is 17.5 Å². The summed E-state index contributed by atoms with van der Waals surface area (Å²) in [5.74, 6) is 0.207. The summed E-state index contributed by atoms with van der Waals surface area (Å²) in [5, 5.41) is 9.25. The highest BCUT2D eigenvalue weighted by Crippen LogP contribution is 2.30. The third-order valence-corrected chi connectivity index (χ3v) is 5.76. The van der Waals surface area contributed by atoms with Gasteiger partial charge in [0, 0.05) is 22.8 Å². The third kappa shape index (κ3) is 4.23. The highest BCUT2D eigenvalue weighted by molar-refractivity contribution is 7.09. The summed E-state index contributed by atoms with van der Waals surface area (Å²) in [6.45, 7) is 2.40. The normalized spacial score (nSPS) is 14.1. The minimum absolute atomic E-state index is 0.0945. The molecular weight excluding hydrogens is 410 g/mol. The Bertz CT molecular complexity index is 1040. The van der Waals surface area contributed by atoms with Crippen LogP contribution in [0, 0.1) is 0 Å². The number of hydrogen-bond donors (Lipinski definition) is 2. The smallest absolute Gasteiger partial charge is 0.253 e. The maximum Gasteiger partial charge on any atom is 0.253 e. The molecule has 3 aromatic rings. The van der Waals surface area contributed by atoms with Gasteiger partial charge in [0.15, 0.2) is 5.82 Å². The molecule has 2 aromatic heterocycles. The lowest BCUT2D eigenvalue weighted by atomic mass is 10.1. The molecular formula is C20H18ClN5O2S. The van der Waals surface area contributed by atoms with E-state index in [0.717, 1.165) is 10.6 Å². The van der Waals surface area contributed by atoms with E-state index < -0.39 is 0 Å². The molecule has 1 unspecified atom stereocenters. The van der Waals surface area contributed by atoms with Crippen LogP contribution in [0.5, 0.6) is 0 Å². The van der Waals surface area contributed by atoms with E-state index >= 15 is 0 Å². The van der Waals surface area contributed by atoms with Crippen LogP contribution < -0.4 is 15.5 Å². The Balaban J connectivity index is 1.58. The molecule has 0 saturated carbocycles. The maximum atomic E-state index is 12.7. The topological polar surface area (TPSA) is 87.2 Å². The molecule has 1 atom stereocenters. The molecule has 29 heavy (non-hydrogen) atoms. The van der Waals surface area contributed by atoms with Crippen molar-refractivity contribution in [2.45, 2.75) is 19.5 Å². The first-order valence-electron chi connectivity index (χ1n) is 9.00. The number of nitrogens with one attached hydrogen (secondary N) is 2. The van der Waals surface area contributed by atoms with Gasteiger partial charge in [0.2, 0.25) is 5.91 Å². The number of nitrogens with zero attached hydrogens (tertiary/aromatic N) is 3. The Kier molecular flexibility index (Phi) is 5.46. The average Bonchev–Trinajstić information content (AvgIpc) is 3.26. The monoisotopic (exact) mass is 427 g/mol. The summed E-state index contributed by atoms with van der Waals surface area (Å²) < 4.78 is 0. The number of aromatic nitrogens is 2. The molecule has 2 N–H and O–H groups in total. The van der Waals surface area contributed by atoms with Crippen molar-refractivity contribution in [2.24, 2.45) is 0 Å². The predicted octanol–water partition coefficient (Wildman–Crippen LogP) is 3.64. The van der Waals surface area contributed by atoms with Crippen molar-refractivity contribution in [1.82, 2.24) is 15.3 Å². The van der Waals surface area contributed by atoms with Gasteiger partial charge in [-0.1, -0.05) is 23.7 Å². The molecule has 1 aromatic carbocycles. The molecule has 7 nitrogen and oxygen atoms in total. The quantitative estimate of drug-likeness (QED) is 0.649. The van der Waals surface area contributed by atoms with Gasteiger partial charge >= 0.3 is 0 Å². The van der Waals surface area contributed by atoms with Crippen molar-refractivity contribution in [1.29, 1.82) is 0 Å². The minimum Gasteiger partial charge on any atom is -0.359 e. The first-order valence-corrected chi connectivity index (χ1v) is 10.3. The van der Waals surface area contributed by atoms with E-state index in [-0.39, 0.29) is 24.4 Å². The largest absolute Gasteiger partial charge is 0.359 e. The number of anilines is 2. The van der Waals surface area contributed by atoms with E-state index in [0.29, 0.717) is 28.6 Å². The number of fused-ring (bicyclic) bond motifs is 1. The molecule has 1 aliphatic rings. The Morgan fingerprint density at radius 2 is 2.14 bits per heavy atom. The van der Waals surface area contributed by atoms with Crippen LogP contribution >= 0.6 is 22.9 Å². The number of amides is 2. The molecule has 9 heteroatoms. The van der Waals surface area contributed by atoms with Crippen molar-refractivity contribution in [3.8, 4) is 0 Å². The lowest BCUT2D eigenvalue weighted by Crippen LogP contribution is -2.40. The fourth-order valence-electron chi connectivity index (χ4n) is 3.04. The van der Waals surface area contributed by atoms with Crippen LogP contribution in [0.1, 0.15) is 33.9 Å². The third-order valence-electron chi connectivity index (χ3n) is 4.55. The second kappa shape index (κ2) is 8.18. The van der Waals surface area contributed by atoms with E-state index in [9.17, 15) is 9.59 Å². The molecule has 1 aliphatic heterocycles. The maximum absolute atomic E-state index is 12.7. The summed E-state index contributed by atoms with van der Waals surface area (Å²) in [6.07, 6.45) is 3.21. The molecule has 0 radical (unpaired) electrons. The molecule has 0 saturated heterocycles. The molecule has 3 heterocycles. The van der Waals surface area contributed by atoms with Gasteiger partial charge in [-0.05, 0) is 30.7 Å². The van der Waals surface area contributed by atoms with Crippen LogP contribution in [0.3, 0.4) is 0 Å². The molecule has 0 spiro atoms. The van der Waals surface area contributed by atoms with Crippen LogP contribution in [0.25, 0.3) is 0 Å². The number of rotatable bonds is 5. The lowest BCUT2D eigenvalue weighted by molar-refractivity contribution is -0.117. The zero-order valence-corrected chi connectivity index (χ0v) is 17.1. The highest BCUT2D eigenvalue weighted by atomic mass is 35.5. The number of thiazole rings is 1. The Hall–Kier alpha value is -2.97. The van der Waals surface area contributed by atoms with Gasteiger partial charge in [0.1, 0.15) is 5.01 Å². The second-order valence-electron chi connectivity index (χ2n) is 6.62. The zero-order valence-electron chi connectivity index (χ0n) is 15.6. The van der Waals surface area contributed by atoms with E-state index in [1.54, 1.807) is 29.3 Å². The number of benzene rings is 1. The van der Waals surface area contributed by atoms with Gasteiger partial charge in [0.25, 0.3) is 5.91 Å². The highest BCUT2D eigenvalue weighted by Gasteiger charge is 2.26. The summed E-state index contributed by atoms with van der Waals surface area (Å²) in [6, 6.07) is 8.78. The first-order chi connectivity index (χ1) is 14.0. The van der Waals surface area contributed by atoms with Crippen LogP contribution in [0.4, 0.5) is 11.5 Å². The fourth-order valence-corrected chi connectivity index (χ4v) is 3.82. The Morgan fingerprint density at radius 3 is 2.86 bits per heavy atom. The summed E-state index contributed by atoms with van der Waals surface area (Å²) in [5.41, 5.74) is 1.89. The second-order valence-corrected chi connectivity index (χ2v) is 7.98. The lowest BCUT2D eigenvalue weighted by Gasteiger charge is -2.30. The van der Waals surface area contributed by atoms with Crippen molar-refractivity contribution < 1.29 is 9.59 Å². The minimum atomic E-state index is -0.271. The van der Waals surface area contributed by atoms with Crippen LogP contribution in [0.15, 0.2) is 48.1 Å². The molecule has 0 bridgehead atoms. The Morgan fingerprint density at radius 1 is 1.34 bits per heavy atom. The molecule has 4 rings (SSSR count). The summed E-state index contributed by atoms with van der Waals surface area (Å²) in [7, 11) is 0. The van der Waals surface area contributed by atoms with Gasteiger partial charge < -0.3 is 15.5 Å². The molecule has 148 valence electrons. The predicted molar refractivity (Wildman–Crippen MR) is 113 cm³/mol. The number of hydrogen-bond acceptors (Lipinski definition) is 6. The van der Waals surface area contributed by atoms with Gasteiger partial charge in [0.05, 0.1) is 30.4 Å². The number of carbonyl (C=O) groups excluding carboxylic acids is 2. The van der Waals surface area contributed by atoms with Gasteiger partial charge in [-0.25, -0.2) is 9.97 Å². The number of pyridine rings is 1. The van der Waals surface area contributed by atoms with E-state index in [2.05, 4.69) is 20.6 Å². The summed E-state index contributed by atoms with van der Waals surface area (Å²) >= 11 is 7.43. The number of halogens is 1. The van der Waals surface area contributed by atoms with Gasteiger partial charge in [-0.3, -0.25) is 9.59 Å². The van der Waals surface area contributed by atoms with E-state index in [1.807, 2.05) is 24.4 Å². The number of carbonyl (C=O) groups is 2. The van der Waals surface area contributed by atoms with Crippen molar-refractivity contribution in [3.05, 3.63) is 69.3 Å². The van der Waals surface area contributed by atoms with Crippen LogP contribution in [0.2, 0.25) is 5.02 Å². The van der Waals surface area contributed by atoms with Crippen molar-refractivity contribution in [2.75, 3.05) is 16.8 Å². The zero-order chi connectivity index (χ0) is 20.4. The molecule has 0 aliphatic carbocycles. The van der Waals surface area contributed by atoms with Crippen molar-refractivity contribution in [3.63, 3.8) is 0 Å². The van der Waals surface area contributed by atoms with Gasteiger partial charge in [-0.15, -0.1) is 11.3 Å². The van der Waals surface area contributed by atoms with Crippen LogP contribution in [-0.2, 0) is 11.3 Å². The first kappa shape index (κ1) is 19.4. The van der Waals surface area contributed by atoms with Crippen LogP contribution in [-0.4, -0.2) is 28.3 Å². The Labute approximate surface area is 176 Å². The van der Waals surface area contributed by atoms with Gasteiger partial charge in [-0.2, -0.15) is 0 Å². The SMILES string of the molecule is CC(NC(=O)c1cnc2c(c1)N(Cc1ccc(Cl)cc1)C(=O)CN2)c1nccs1. The average molecular weight is 428 g/mol. The van der Waals surface area contributed by atoms with E-state index in [4.69, 9.17) is 11.6 Å². The van der Waals surface area contributed by atoms with Crippen molar-refractivity contribution >= 4 is 46.3 Å². The molecule has 2 amide bonds. The standard InChI is InChI=1S/C20H18ClN5O2S/c1-12(20-22-6-7-29-20)25-19(28)14-8-16-18(23-9-14)24-10-17(27)26(16)11-13-2-4-15(21)5-3-13/h2-9,12H,10-11H2,1H3,(H,23,24)(H,25,28). The fraction of sp³-hybridized carbons (Fsp3) is 0.200.